The molecule has 4 N–H and O–H groups in total. The molecule has 0 spiro atoms. The Hall–Kier alpha value is -3.74. The van der Waals surface area contributed by atoms with Gasteiger partial charge in [-0.2, -0.15) is 0 Å². The third-order valence-electron chi connectivity index (χ3n) is 4.68. The Balaban J connectivity index is 1.77. The number of nitrogens with zero attached hydrogens (tertiary/aromatic N) is 1. The average Bonchev–Trinajstić information content (AvgIpc) is 2.70. The van der Waals surface area contributed by atoms with E-state index in [0.29, 0.717) is 11.3 Å². The Labute approximate surface area is 180 Å². The summed E-state index contributed by atoms with van der Waals surface area (Å²) in [7, 11) is 0. The summed E-state index contributed by atoms with van der Waals surface area (Å²) in [5, 5.41) is 5.67. The number of aromatic nitrogens is 1. The lowest BCUT2D eigenvalue weighted by molar-refractivity contribution is -0.115. The van der Waals surface area contributed by atoms with Gasteiger partial charge in [0.15, 0.2) is 0 Å². The highest BCUT2D eigenvalue weighted by Gasteiger charge is 2.15. The number of halogens is 1. The number of carbonyl (C=O) groups excluding carboxylic acids is 2. The summed E-state index contributed by atoms with van der Waals surface area (Å²) in [5.41, 5.74) is 10.1. The molecular weight excluding hydrogens is 395 g/mol. The summed E-state index contributed by atoms with van der Waals surface area (Å²) in [6.45, 7) is 5.66. The monoisotopic (exact) mass is 420 g/mol. The van der Waals surface area contributed by atoms with E-state index in [-0.39, 0.29) is 35.9 Å². The fourth-order valence-electron chi connectivity index (χ4n) is 3.20. The molecule has 0 aliphatic heterocycles. The molecule has 0 saturated carbocycles. The molecular formula is C24H25FN4O2. The lowest BCUT2D eigenvalue weighted by Gasteiger charge is -2.13. The number of rotatable bonds is 6. The van der Waals surface area contributed by atoms with Crippen LogP contribution < -0.4 is 16.4 Å². The molecule has 2 aromatic carbocycles. The highest BCUT2D eigenvalue weighted by atomic mass is 19.1. The van der Waals surface area contributed by atoms with Gasteiger partial charge in [-0.1, -0.05) is 18.2 Å². The topological polar surface area (TPSA) is 97.1 Å². The van der Waals surface area contributed by atoms with Crippen molar-refractivity contribution in [3.63, 3.8) is 0 Å². The van der Waals surface area contributed by atoms with Crippen molar-refractivity contribution in [1.82, 2.24) is 10.3 Å². The normalized spacial score (nSPS) is 10.7. The van der Waals surface area contributed by atoms with Crippen molar-refractivity contribution in [2.24, 2.45) is 0 Å². The number of carbonyl (C=O) groups is 2. The zero-order valence-electron chi connectivity index (χ0n) is 17.7. The Morgan fingerprint density at radius 2 is 1.81 bits per heavy atom. The molecule has 7 heteroatoms. The van der Waals surface area contributed by atoms with E-state index in [1.165, 1.54) is 12.1 Å². The maximum absolute atomic E-state index is 13.0. The first kappa shape index (κ1) is 22.0. The largest absolute Gasteiger partial charge is 0.383 e. The van der Waals surface area contributed by atoms with E-state index in [1.54, 1.807) is 30.5 Å². The van der Waals surface area contributed by atoms with Crippen LogP contribution in [0.25, 0.3) is 11.1 Å². The number of nitrogens with two attached hydrogens (primary N) is 1. The van der Waals surface area contributed by atoms with Gasteiger partial charge in [0.05, 0.1) is 12.0 Å². The molecule has 1 heterocycles. The summed E-state index contributed by atoms with van der Waals surface area (Å²) >= 11 is 0. The lowest BCUT2D eigenvalue weighted by atomic mass is 9.99. The van der Waals surface area contributed by atoms with Gasteiger partial charge >= 0.3 is 0 Å². The maximum Gasteiger partial charge on any atom is 0.255 e. The molecule has 0 unspecified atom stereocenters. The second-order valence-corrected chi connectivity index (χ2v) is 7.67. The minimum Gasteiger partial charge on any atom is -0.383 e. The summed E-state index contributed by atoms with van der Waals surface area (Å²) in [5.74, 6) is -0.633. The number of benzene rings is 2. The van der Waals surface area contributed by atoms with Gasteiger partial charge in [-0.05, 0) is 67.8 Å². The van der Waals surface area contributed by atoms with E-state index < -0.39 is 0 Å². The number of amides is 2. The number of hydrogen-bond donors (Lipinski definition) is 3. The lowest BCUT2D eigenvalue weighted by Crippen LogP contribution is -2.30. The van der Waals surface area contributed by atoms with E-state index in [2.05, 4.69) is 15.6 Å². The molecule has 0 aliphatic rings. The van der Waals surface area contributed by atoms with Gasteiger partial charge < -0.3 is 16.4 Å². The van der Waals surface area contributed by atoms with E-state index >= 15 is 0 Å². The van der Waals surface area contributed by atoms with E-state index in [0.717, 1.165) is 22.3 Å². The van der Waals surface area contributed by atoms with Crippen molar-refractivity contribution in [3.05, 3.63) is 77.2 Å². The molecule has 6 nitrogen and oxygen atoms in total. The van der Waals surface area contributed by atoms with Crippen molar-refractivity contribution >= 4 is 23.3 Å². The highest BCUT2D eigenvalue weighted by molar-refractivity contribution is 5.99. The summed E-state index contributed by atoms with van der Waals surface area (Å²) in [6.07, 6.45) is 1.77. The van der Waals surface area contributed by atoms with Crippen LogP contribution in [0.1, 0.15) is 35.3 Å². The van der Waals surface area contributed by atoms with Crippen LogP contribution in [0, 0.1) is 12.7 Å². The first-order chi connectivity index (χ1) is 14.7. The number of hydrogen-bond acceptors (Lipinski definition) is 4. The van der Waals surface area contributed by atoms with Crippen molar-refractivity contribution < 1.29 is 14.0 Å². The van der Waals surface area contributed by atoms with E-state index in [4.69, 9.17) is 5.73 Å². The minimum absolute atomic E-state index is 0.0184. The number of nitrogens with one attached hydrogen (secondary N) is 2. The third-order valence-corrected chi connectivity index (χ3v) is 4.68. The van der Waals surface area contributed by atoms with E-state index in [9.17, 15) is 14.0 Å². The van der Waals surface area contributed by atoms with Crippen LogP contribution in [0.5, 0.6) is 0 Å². The van der Waals surface area contributed by atoms with Crippen LogP contribution in [0.15, 0.2) is 54.7 Å². The number of aryl methyl sites for hydroxylation is 1. The van der Waals surface area contributed by atoms with Gasteiger partial charge in [0.25, 0.3) is 5.91 Å². The zero-order valence-corrected chi connectivity index (χ0v) is 17.7. The molecule has 0 bridgehead atoms. The van der Waals surface area contributed by atoms with Crippen molar-refractivity contribution in [2.75, 3.05) is 11.1 Å². The van der Waals surface area contributed by atoms with Gasteiger partial charge in [0.1, 0.15) is 11.6 Å². The smallest absolute Gasteiger partial charge is 0.255 e. The third kappa shape index (κ3) is 5.66. The van der Waals surface area contributed by atoms with Crippen molar-refractivity contribution in [3.8, 4) is 11.1 Å². The van der Waals surface area contributed by atoms with Crippen LogP contribution >= 0.6 is 0 Å². The van der Waals surface area contributed by atoms with Gasteiger partial charge in [-0.3, -0.25) is 9.59 Å². The average molecular weight is 420 g/mol. The molecule has 0 radical (unpaired) electrons. The molecule has 31 heavy (non-hydrogen) atoms. The Kier molecular flexibility index (Phi) is 6.65. The molecule has 1 aromatic heterocycles. The van der Waals surface area contributed by atoms with Crippen LogP contribution in [0.2, 0.25) is 0 Å². The molecule has 160 valence electrons. The summed E-state index contributed by atoms with van der Waals surface area (Å²) in [4.78, 5) is 28.9. The van der Waals surface area contributed by atoms with Gasteiger partial charge in [-0.25, -0.2) is 9.37 Å². The van der Waals surface area contributed by atoms with Crippen LogP contribution in [-0.4, -0.2) is 22.8 Å². The zero-order chi connectivity index (χ0) is 22.5. The second kappa shape index (κ2) is 9.38. The number of nitrogen functional groups attached to an aromatic ring is 1. The minimum atomic E-state index is -0.336. The predicted molar refractivity (Wildman–Crippen MR) is 120 cm³/mol. The van der Waals surface area contributed by atoms with Crippen LogP contribution in [0.4, 0.5) is 15.9 Å². The molecule has 0 fully saturated rings. The fraction of sp³-hybridized carbons (Fsp3) is 0.208. The van der Waals surface area contributed by atoms with Gasteiger partial charge in [-0.15, -0.1) is 0 Å². The van der Waals surface area contributed by atoms with Crippen LogP contribution in [0.3, 0.4) is 0 Å². The quantitative estimate of drug-likeness (QED) is 0.559. The second-order valence-electron chi connectivity index (χ2n) is 7.67. The van der Waals surface area contributed by atoms with Crippen LogP contribution in [-0.2, 0) is 11.2 Å². The Morgan fingerprint density at radius 1 is 1.10 bits per heavy atom. The van der Waals surface area contributed by atoms with Gasteiger partial charge in [0.2, 0.25) is 5.91 Å². The van der Waals surface area contributed by atoms with E-state index in [1.807, 2.05) is 32.9 Å². The standard InChI is InChI=1S/C24H25FN4O2/c1-14(2)28-24(31)21-12-17(13-27-23(21)26)20-9-8-19(10-15(20)3)29-22(30)11-16-4-6-18(25)7-5-16/h4-10,12-14H,11H2,1-3H3,(H2,26,27)(H,28,31)(H,29,30). The highest BCUT2D eigenvalue weighted by Crippen LogP contribution is 2.27. The molecule has 2 amide bonds. The first-order valence-corrected chi connectivity index (χ1v) is 9.94. The first-order valence-electron chi connectivity index (χ1n) is 9.94. The molecule has 0 aliphatic carbocycles. The van der Waals surface area contributed by atoms with Crippen molar-refractivity contribution in [1.29, 1.82) is 0 Å². The molecule has 3 rings (SSSR count). The Morgan fingerprint density at radius 3 is 2.45 bits per heavy atom. The van der Waals surface area contributed by atoms with Gasteiger partial charge in [0, 0.05) is 23.5 Å². The number of anilines is 2. The predicted octanol–water partition coefficient (Wildman–Crippen LogP) is 4.10. The SMILES string of the molecule is Cc1cc(NC(=O)Cc2ccc(F)cc2)ccc1-c1cnc(N)c(C(=O)NC(C)C)c1. The molecule has 0 atom stereocenters. The maximum atomic E-state index is 13.0. The fourth-order valence-corrected chi connectivity index (χ4v) is 3.20. The summed E-state index contributed by atoms with van der Waals surface area (Å²) in [6, 6.07) is 13.0. The summed E-state index contributed by atoms with van der Waals surface area (Å²) < 4.78 is 13.0. The molecule has 0 saturated heterocycles. The Bertz CT molecular complexity index is 1110. The molecule has 3 aromatic rings. The number of pyridine rings is 1. The van der Waals surface area contributed by atoms with Crippen molar-refractivity contribution in [2.45, 2.75) is 33.2 Å².